The van der Waals surface area contributed by atoms with Crippen LogP contribution < -0.4 is 15.8 Å². The van der Waals surface area contributed by atoms with E-state index in [1.165, 1.54) is 29.7 Å². The van der Waals surface area contributed by atoms with E-state index in [0.29, 0.717) is 16.7 Å². The van der Waals surface area contributed by atoms with E-state index in [1.807, 2.05) is 11.4 Å². The number of nitrogens with zero attached hydrogens (tertiary/aromatic N) is 2. The summed E-state index contributed by atoms with van der Waals surface area (Å²) < 4.78 is 0.659. The summed E-state index contributed by atoms with van der Waals surface area (Å²) in [6.07, 6.45) is 6.17. The number of anilines is 1. The molecule has 174 valence electrons. The largest absolute Gasteiger partial charge is 0.353 e. The van der Waals surface area contributed by atoms with Crippen molar-refractivity contribution in [3.05, 3.63) is 45.6 Å². The number of aryl methyl sites for hydroxylation is 1. The number of rotatable bonds is 4. The second-order valence-corrected chi connectivity index (χ2v) is 10.7. The lowest BCUT2D eigenvalue weighted by atomic mass is 9.86. The number of fused-ring (bicyclic) bond motifs is 1. The summed E-state index contributed by atoms with van der Waals surface area (Å²) in [4.78, 5) is 35.6. The topological polar surface area (TPSA) is 78.1 Å². The molecule has 7 heteroatoms. The van der Waals surface area contributed by atoms with Crippen molar-refractivity contribution in [2.45, 2.75) is 58.4 Å². The van der Waals surface area contributed by atoms with E-state index in [-0.39, 0.29) is 17.4 Å². The van der Waals surface area contributed by atoms with Gasteiger partial charge in [0.05, 0.1) is 5.52 Å². The average Bonchev–Trinajstić information content (AvgIpc) is 3.25. The molecule has 6 nitrogen and oxygen atoms in total. The van der Waals surface area contributed by atoms with E-state index < -0.39 is 0 Å². The van der Waals surface area contributed by atoms with Crippen LogP contribution in [0.25, 0.3) is 21.3 Å². The van der Waals surface area contributed by atoms with Crippen LogP contribution in [0.1, 0.15) is 51.0 Å². The molecule has 0 radical (unpaired) electrons. The van der Waals surface area contributed by atoms with Gasteiger partial charge in [0, 0.05) is 36.0 Å². The van der Waals surface area contributed by atoms with Crippen LogP contribution in [0.3, 0.4) is 0 Å². The molecule has 2 aliphatic rings. The first-order valence-corrected chi connectivity index (χ1v) is 13.0. The molecule has 2 aromatic heterocycles. The highest BCUT2D eigenvalue weighted by molar-refractivity contribution is 7.17. The van der Waals surface area contributed by atoms with Crippen LogP contribution in [0.2, 0.25) is 0 Å². The van der Waals surface area contributed by atoms with Gasteiger partial charge in [-0.3, -0.25) is 14.6 Å². The third-order valence-electron chi connectivity index (χ3n) is 7.27. The van der Waals surface area contributed by atoms with Gasteiger partial charge in [-0.25, -0.2) is 4.98 Å². The van der Waals surface area contributed by atoms with Crippen LogP contribution in [-0.2, 0) is 4.79 Å². The van der Waals surface area contributed by atoms with Crippen LogP contribution >= 0.6 is 11.3 Å². The molecule has 0 unspecified atom stereocenters. The quantitative estimate of drug-likeness (QED) is 0.577. The summed E-state index contributed by atoms with van der Waals surface area (Å²) in [5.74, 6) is 1.63. The zero-order valence-corrected chi connectivity index (χ0v) is 20.2. The van der Waals surface area contributed by atoms with E-state index in [1.54, 1.807) is 0 Å². The number of H-pyrrole nitrogens is 1. The van der Waals surface area contributed by atoms with Gasteiger partial charge in [-0.2, -0.15) is 0 Å². The summed E-state index contributed by atoms with van der Waals surface area (Å²) in [7, 11) is 0. The van der Waals surface area contributed by atoms with Gasteiger partial charge in [0.15, 0.2) is 0 Å². The molecule has 1 amide bonds. The van der Waals surface area contributed by atoms with Gasteiger partial charge < -0.3 is 10.2 Å². The second-order valence-electron chi connectivity index (χ2n) is 9.81. The van der Waals surface area contributed by atoms with Crippen LogP contribution in [0, 0.1) is 18.8 Å². The lowest BCUT2D eigenvalue weighted by molar-refractivity contribution is -0.126. The first-order valence-electron chi connectivity index (χ1n) is 12.1. The number of carbonyl (C=O) groups excluding carboxylic acids is 1. The Balaban J connectivity index is 1.29. The maximum absolute atomic E-state index is 12.8. The Hall–Kier alpha value is -2.67. The molecule has 1 saturated carbocycles. The van der Waals surface area contributed by atoms with Crippen molar-refractivity contribution in [2.24, 2.45) is 11.8 Å². The fourth-order valence-corrected chi connectivity index (χ4v) is 6.07. The van der Waals surface area contributed by atoms with E-state index in [0.717, 1.165) is 61.3 Å². The molecule has 1 aliphatic carbocycles. The minimum Gasteiger partial charge on any atom is -0.353 e. The van der Waals surface area contributed by atoms with Crippen molar-refractivity contribution in [1.29, 1.82) is 0 Å². The molecule has 5 rings (SSSR count). The smallest absolute Gasteiger partial charge is 0.270 e. The van der Waals surface area contributed by atoms with Gasteiger partial charge in [-0.05, 0) is 56.9 Å². The third kappa shape index (κ3) is 4.69. The molecule has 1 aliphatic heterocycles. The van der Waals surface area contributed by atoms with Crippen LogP contribution in [-0.4, -0.2) is 35.0 Å². The molecule has 33 heavy (non-hydrogen) atoms. The van der Waals surface area contributed by atoms with Crippen molar-refractivity contribution < 1.29 is 4.79 Å². The molecule has 3 heterocycles. The standard InChI is InChI=1S/C26H32N4O2S/c1-16-6-8-20(9-7-16)27-24(31)18-10-12-30(13-11-18)26-28-22-21(15-33-23(22)25(32)29-26)19-5-3-4-17(2)14-19/h3-5,14-16,18,20H,6-13H2,1-2H3,(H,27,31)(H,28,29,32). The first-order chi connectivity index (χ1) is 16.0. The summed E-state index contributed by atoms with van der Waals surface area (Å²) in [5.41, 5.74) is 3.93. The fourth-order valence-electron chi connectivity index (χ4n) is 5.16. The number of hydrogen-bond donors (Lipinski definition) is 2. The molecule has 2 fully saturated rings. The van der Waals surface area contributed by atoms with E-state index in [2.05, 4.69) is 47.2 Å². The predicted octanol–water partition coefficient (Wildman–Crippen LogP) is 4.87. The zero-order valence-electron chi connectivity index (χ0n) is 19.4. The number of hydrogen-bond acceptors (Lipinski definition) is 5. The molecule has 1 aromatic carbocycles. The van der Waals surface area contributed by atoms with Crippen LogP contribution in [0.5, 0.6) is 0 Å². The highest BCUT2D eigenvalue weighted by Gasteiger charge is 2.29. The van der Waals surface area contributed by atoms with Crippen LogP contribution in [0.4, 0.5) is 5.95 Å². The molecule has 2 N–H and O–H groups in total. The molecule has 0 bridgehead atoms. The third-order valence-corrected chi connectivity index (χ3v) is 8.24. The lowest BCUT2D eigenvalue weighted by Gasteiger charge is -2.33. The zero-order chi connectivity index (χ0) is 22.9. The van der Waals surface area contributed by atoms with Gasteiger partial charge in [-0.15, -0.1) is 11.3 Å². The minimum absolute atomic E-state index is 0.0417. The van der Waals surface area contributed by atoms with Crippen molar-refractivity contribution in [3.8, 4) is 11.1 Å². The Morgan fingerprint density at radius 3 is 2.64 bits per heavy atom. The molecular formula is C26H32N4O2S. The number of aromatic nitrogens is 2. The highest BCUT2D eigenvalue weighted by atomic mass is 32.1. The van der Waals surface area contributed by atoms with Crippen molar-refractivity contribution >= 4 is 33.4 Å². The molecule has 0 atom stereocenters. The molecular weight excluding hydrogens is 432 g/mol. The Bertz CT molecular complexity index is 1200. The van der Waals surface area contributed by atoms with Gasteiger partial charge in [0.1, 0.15) is 4.70 Å². The normalized spacial score (nSPS) is 21.9. The number of amides is 1. The van der Waals surface area contributed by atoms with Gasteiger partial charge in [0.25, 0.3) is 5.56 Å². The highest BCUT2D eigenvalue weighted by Crippen LogP contribution is 2.33. The number of nitrogens with one attached hydrogen (secondary N) is 2. The molecule has 0 spiro atoms. The Labute approximate surface area is 198 Å². The van der Waals surface area contributed by atoms with E-state index in [9.17, 15) is 9.59 Å². The predicted molar refractivity (Wildman–Crippen MR) is 135 cm³/mol. The van der Waals surface area contributed by atoms with E-state index >= 15 is 0 Å². The number of carbonyl (C=O) groups is 1. The number of benzene rings is 1. The maximum atomic E-state index is 12.8. The first kappa shape index (κ1) is 22.1. The Morgan fingerprint density at radius 1 is 1.15 bits per heavy atom. The SMILES string of the molecule is Cc1cccc(-c2csc3c(=O)[nH]c(N4CCC(C(=O)NC5CCC(C)CC5)CC4)nc23)c1. The summed E-state index contributed by atoms with van der Waals surface area (Å²) in [6.45, 7) is 5.80. The average molecular weight is 465 g/mol. The fraction of sp³-hybridized carbons (Fsp3) is 0.500. The number of aromatic amines is 1. The summed E-state index contributed by atoms with van der Waals surface area (Å²) in [6, 6.07) is 8.63. The van der Waals surface area contributed by atoms with Crippen molar-refractivity contribution in [3.63, 3.8) is 0 Å². The van der Waals surface area contributed by atoms with Gasteiger partial charge >= 0.3 is 0 Å². The number of thiophene rings is 1. The van der Waals surface area contributed by atoms with E-state index in [4.69, 9.17) is 4.98 Å². The summed E-state index contributed by atoms with van der Waals surface area (Å²) in [5, 5.41) is 5.32. The summed E-state index contributed by atoms with van der Waals surface area (Å²) >= 11 is 1.44. The molecule has 1 saturated heterocycles. The van der Waals surface area contributed by atoms with Crippen molar-refractivity contribution in [2.75, 3.05) is 18.0 Å². The second kappa shape index (κ2) is 9.29. The Morgan fingerprint density at radius 2 is 1.91 bits per heavy atom. The van der Waals surface area contributed by atoms with Crippen LogP contribution in [0.15, 0.2) is 34.4 Å². The monoisotopic (exact) mass is 464 g/mol. The maximum Gasteiger partial charge on any atom is 0.270 e. The Kier molecular flexibility index (Phi) is 6.23. The number of piperidine rings is 1. The molecule has 3 aromatic rings. The van der Waals surface area contributed by atoms with Gasteiger partial charge in [0.2, 0.25) is 11.9 Å². The van der Waals surface area contributed by atoms with Crippen molar-refractivity contribution in [1.82, 2.24) is 15.3 Å². The lowest BCUT2D eigenvalue weighted by Crippen LogP contribution is -2.45. The van der Waals surface area contributed by atoms with Gasteiger partial charge in [-0.1, -0.05) is 36.8 Å². The minimum atomic E-state index is -0.0923.